The van der Waals surface area contributed by atoms with Crippen LogP contribution in [0.5, 0.6) is 0 Å². The van der Waals surface area contributed by atoms with Crippen LogP contribution in [0, 0.1) is 0 Å². The standard InChI is InChI=1S/C18H19N5OS/c1-11(25-18-22-21-16(23(18)19)13-9-10-13)17(24)20-15-8-4-6-12-5-2-3-7-14(12)15/h2-8,11,13H,9-10,19H2,1H3,(H,20,24). The lowest BCUT2D eigenvalue weighted by molar-refractivity contribution is -0.115. The third-order valence-corrected chi connectivity index (χ3v) is 5.39. The maximum Gasteiger partial charge on any atom is 0.237 e. The van der Waals surface area contributed by atoms with Crippen molar-refractivity contribution in [2.45, 2.75) is 36.1 Å². The van der Waals surface area contributed by atoms with Gasteiger partial charge in [0.05, 0.1) is 5.25 Å². The van der Waals surface area contributed by atoms with Crippen molar-refractivity contribution in [3.8, 4) is 0 Å². The van der Waals surface area contributed by atoms with Crippen LogP contribution in [0.3, 0.4) is 0 Å². The van der Waals surface area contributed by atoms with E-state index in [1.807, 2.05) is 49.4 Å². The molecule has 25 heavy (non-hydrogen) atoms. The van der Waals surface area contributed by atoms with Gasteiger partial charge in [-0.25, -0.2) is 4.68 Å². The third-order valence-electron chi connectivity index (χ3n) is 4.33. The summed E-state index contributed by atoms with van der Waals surface area (Å²) < 4.78 is 1.52. The van der Waals surface area contributed by atoms with Crippen LogP contribution in [0.2, 0.25) is 0 Å². The van der Waals surface area contributed by atoms with Gasteiger partial charge in [0.2, 0.25) is 11.1 Å². The van der Waals surface area contributed by atoms with E-state index in [-0.39, 0.29) is 11.2 Å². The molecule has 0 saturated heterocycles. The van der Waals surface area contributed by atoms with Crippen LogP contribution >= 0.6 is 11.8 Å². The predicted octanol–water partition coefficient (Wildman–Crippen LogP) is 3.14. The van der Waals surface area contributed by atoms with Gasteiger partial charge in [0, 0.05) is 17.0 Å². The normalized spacial score (nSPS) is 15.2. The lowest BCUT2D eigenvalue weighted by atomic mass is 10.1. The monoisotopic (exact) mass is 353 g/mol. The first-order chi connectivity index (χ1) is 12.1. The van der Waals surface area contributed by atoms with Crippen LogP contribution in [-0.4, -0.2) is 26.0 Å². The van der Waals surface area contributed by atoms with E-state index in [1.54, 1.807) is 0 Å². The number of nitrogen functional groups attached to an aromatic ring is 1. The highest BCUT2D eigenvalue weighted by atomic mass is 32.2. The van der Waals surface area contributed by atoms with Crippen LogP contribution in [0.1, 0.15) is 31.5 Å². The summed E-state index contributed by atoms with van der Waals surface area (Å²) in [6.45, 7) is 1.84. The van der Waals surface area contributed by atoms with Gasteiger partial charge < -0.3 is 11.2 Å². The fraction of sp³-hybridized carbons (Fsp3) is 0.278. The van der Waals surface area contributed by atoms with E-state index in [2.05, 4.69) is 15.5 Å². The van der Waals surface area contributed by atoms with Crippen LogP contribution < -0.4 is 11.2 Å². The number of carbonyl (C=O) groups excluding carboxylic acids is 1. The number of aromatic nitrogens is 3. The van der Waals surface area contributed by atoms with E-state index < -0.39 is 0 Å². The zero-order valence-electron chi connectivity index (χ0n) is 13.8. The van der Waals surface area contributed by atoms with E-state index in [4.69, 9.17) is 5.84 Å². The number of nitrogens with one attached hydrogen (secondary N) is 1. The van der Waals surface area contributed by atoms with Gasteiger partial charge >= 0.3 is 0 Å². The fourth-order valence-electron chi connectivity index (χ4n) is 2.77. The van der Waals surface area contributed by atoms with Gasteiger partial charge in [0.1, 0.15) is 0 Å². The highest BCUT2D eigenvalue weighted by Gasteiger charge is 2.30. The number of carbonyl (C=O) groups is 1. The minimum atomic E-state index is -0.336. The van der Waals surface area contributed by atoms with Crippen LogP contribution in [0.4, 0.5) is 5.69 Å². The predicted molar refractivity (Wildman–Crippen MR) is 100 cm³/mol. The average Bonchev–Trinajstić information content (AvgIpc) is 3.40. The first kappa shape index (κ1) is 16.0. The van der Waals surface area contributed by atoms with Gasteiger partial charge in [0.25, 0.3) is 0 Å². The Labute approximate surface area is 149 Å². The van der Waals surface area contributed by atoms with Crippen LogP contribution in [0.15, 0.2) is 47.6 Å². The number of amides is 1. The summed E-state index contributed by atoms with van der Waals surface area (Å²) in [6, 6.07) is 13.9. The van der Waals surface area contributed by atoms with Gasteiger partial charge in [-0.15, -0.1) is 10.2 Å². The molecule has 1 aromatic heterocycles. The van der Waals surface area contributed by atoms with Crippen LogP contribution in [-0.2, 0) is 4.79 Å². The Morgan fingerprint density at radius 2 is 2.00 bits per heavy atom. The van der Waals surface area contributed by atoms with Crippen molar-refractivity contribution in [2.24, 2.45) is 0 Å². The summed E-state index contributed by atoms with van der Waals surface area (Å²) in [4.78, 5) is 12.6. The number of nitrogens with zero attached hydrogens (tertiary/aromatic N) is 3. The highest BCUT2D eigenvalue weighted by molar-refractivity contribution is 8.00. The first-order valence-electron chi connectivity index (χ1n) is 8.29. The molecule has 128 valence electrons. The molecule has 1 aliphatic rings. The van der Waals surface area contributed by atoms with Crippen molar-refractivity contribution in [3.05, 3.63) is 48.3 Å². The van der Waals surface area contributed by atoms with Gasteiger partial charge in [-0.1, -0.05) is 48.2 Å². The van der Waals surface area contributed by atoms with E-state index >= 15 is 0 Å². The van der Waals surface area contributed by atoms with Gasteiger partial charge in [-0.2, -0.15) is 0 Å². The second-order valence-electron chi connectivity index (χ2n) is 6.26. The Balaban J connectivity index is 1.48. The number of anilines is 1. The molecule has 0 spiro atoms. The summed E-state index contributed by atoms with van der Waals surface area (Å²) in [6.07, 6.45) is 2.22. The number of rotatable bonds is 5. The quantitative estimate of drug-likeness (QED) is 0.544. The molecule has 0 bridgehead atoms. The zero-order chi connectivity index (χ0) is 17.4. The molecule has 6 nitrogen and oxygen atoms in total. The Hall–Kier alpha value is -2.54. The largest absolute Gasteiger partial charge is 0.336 e. The molecular formula is C18H19N5OS. The molecule has 7 heteroatoms. The number of nitrogens with two attached hydrogens (primary N) is 1. The number of thioether (sulfide) groups is 1. The summed E-state index contributed by atoms with van der Waals surface area (Å²) in [5.74, 6) is 7.21. The second-order valence-corrected chi connectivity index (χ2v) is 7.57. The summed E-state index contributed by atoms with van der Waals surface area (Å²) in [7, 11) is 0. The fourth-order valence-corrected chi connectivity index (χ4v) is 3.55. The number of benzene rings is 2. The SMILES string of the molecule is CC(Sc1nnc(C2CC2)n1N)C(=O)Nc1cccc2ccccc12. The summed E-state index contributed by atoms with van der Waals surface area (Å²) >= 11 is 1.32. The minimum Gasteiger partial charge on any atom is -0.336 e. The van der Waals surface area contributed by atoms with Gasteiger partial charge in [-0.3, -0.25) is 4.79 Å². The summed E-state index contributed by atoms with van der Waals surface area (Å²) in [5, 5.41) is 13.6. The van der Waals surface area contributed by atoms with Gasteiger partial charge in [-0.05, 0) is 31.2 Å². The summed E-state index contributed by atoms with van der Waals surface area (Å²) in [5.41, 5.74) is 0.809. The van der Waals surface area contributed by atoms with Crippen molar-refractivity contribution in [1.29, 1.82) is 0 Å². The molecule has 4 rings (SSSR count). The lowest BCUT2D eigenvalue weighted by Gasteiger charge is -2.13. The first-order valence-corrected chi connectivity index (χ1v) is 9.17. The zero-order valence-corrected chi connectivity index (χ0v) is 14.7. The third kappa shape index (κ3) is 3.19. The Morgan fingerprint density at radius 1 is 1.24 bits per heavy atom. The van der Waals surface area contributed by atoms with E-state index in [0.29, 0.717) is 11.1 Å². The number of hydrogen-bond donors (Lipinski definition) is 2. The molecule has 2 aromatic carbocycles. The molecule has 1 amide bonds. The molecule has 1 atom stereocenters. The van der Waals surface area contributed by atoms with Crippen molar-refractivity contribution in [2.75, 3.05) is 11.2 Å². The highest BCUT2D eigenvalue weighted by Crippen LogP contribution is 2.39. The molecule has 1 aliphatic carbocycles. The molecule has 1 fully saturated rings. The van der Waals surface area contributed by atoms with Gasteiger partial charge in [0.15, 0.2) is 5.82 Å². The van der Waals surface area contributed by atoms with Crippen molar-refractivity contribution in [1.82, 2.24) is 14.9 Å². The Kier molecular flexibility index (Phi) is 4.09. The minimum absolute atomic E-state index is 0.0858. The Morgan fingerprint density at radius 3 is 2.80 bits per heavy atom. The van der Waals surface area contributed by atoms with Crippen molar-refractivity contribution < 1.29 is 4.79 Å². The van der Waals surface area contributed by atoms with E-state index in [1.165, 1.54) is 16.4 Å². The maximum absolute atomic E-state index is 12.6. The van der Waals surface area contributed by atoms with Crippen molar-refractivity contribution >= 4 is 34.1 Å². The van der Waals surface area contributed by atoms with E-state index in [9.17, 15) is 4.79 Å². The topological polar surface area (TPSA) is 85.8 Å². The lowest BCUT2D eigenvalue weighted by Crippen LogP contribution is -2.24. The second kappa shape index (κ2) is 6.40. The number of hydrogen-bond acceptors (Lipinski definition) is 5. The molecule has 1 saturated carbocycles. The molecule has 1 heterocycles. The molecule has 1 unspecified atom stereocenters. The molecule has 3 aromatic rings. The average molecular weight is 353 g/mol. The van der Waals surface area contributed by atoms with E-state index in [0.717, 1.165) is 35.1 Å². The van der Waals surface area contributed by atoms with Crippen molar-refractivity contribution in [3.63, 3.8) is 0 Å². The molecule has 0 aliphatic heterocycles. The smallest absolute Gasteiger partial charge is 0.237 e. The molecule has 3 N–H and O–H groups in total. The molecule has 0 radical (unpaired) electrons. The maximum atomic E-state index is 12.6. The number of fused-ring (bicyclic) bond motifs is 1. The van der Waals surface area contributed by atoms with Crippen LogP contribution in [0.25, 0.3) is 10.8 Å². The molecular weight excluding hydrogens is 334 g/mol. The Bertz CT molecular complexity index is 929.